The van der Waals surface area contributed by atoms with Gasteiger partial charge in [-0.2, -0.15) is 0 Å². The molecule has 3 nitrogen and oxygen atoms in total. The van der Waals surface area contributed by atoms with E-state index in [9.17, 15) is 9.90 Å². The predicted octanol–water partition coefficient (Wildman–Crippen LogP) is 2.23. The van der Waals surface area contributed by atoms with E-state index in [4.69, 9.17) is 0 Å². The minimum Gasteiger partial charge on any atom is -0.382 e. The van der Waals surface area contributed by atoms with Gasteiger partial charge in [0, 0.05) is 6.20 Å². The van der Waals surface area contributed by atoms with Crippen LogP contribution in [0.1, 0.15) is 50.3 Å². The molecule has 0 saturated heterocycles. The highest BCUT2D eigenvalue weighted by Crippen LogP contribution is 2.33. The van der Waals surface area contributed by atoms with Gasteiger partial charge in [-0.25, -0.2) is 0 Å². The third-order valence-electron chi connectivity index (χ3n) is 3.73. The van der Waals surface area contributed by atoms with Crippen molar-refractivity contribution in [3.63, 3.8) is 0 Å². The van der Waals surface area contributed by atoms with Gasteiger partial charge in [0.15, 0.2) is 5.78 Å². The maximum Gasteiger partial charge on any atom is 0.173 e. The third-order valence-corrected chi connectivity index (χ3v) is 3.73. The second-order valence-electron chi connectivity index (χ2n) is 4.98. The molecule has 0 aliphatic heterocycles. The van der Waals surface area contributed by atoms with Crippen LogP contribution in [0.2, 0.25) is 0 Å². The highest BCUT2D eigenvalue weighted by Gasteiger charge is 2.37. The minimum atomic E-state index is -1.23. The molecule has 0 radical (unpaired) electrons. The summed E-state index contributed by atoms with van der Waals surface area (Å²) in [6.45, 7) is 3.44. The Hall–Kier alpha value is -1.22. The number of ketones is 1. The van der Waals surface area contributed by atoms with Crippen molar-refractivity contribution >= 4 is 5.78 Å². The van der Waals surface area contributed by atoms with Crippen LogP contribution in [0.15, 0.2) is 18.3 Å². The molecule has 0 bridgehead atoms. The zero-order chi connectivity index (χ0) is 12.5. The van der Waals surface area contributed by atoms with Crippen LogP contribution in [-0.4, -0.2) is 21.5 Å². The van der Waals surface area contributed by atoms with Crippen molar-refractivity contribution in [1.29, 1.82) is 0 Å². The molecule has 2 unspecified atom stereocenters. The van der Waals surface area contributed by atoms with Crippen LogP contribution in [-0.2, 0) is 11.2 Å². The first-order valence-corrected chi connectivity index (χ1v) is 6.26. The van der Waals surface area contributed by atoms with E-state index in [2.05, 4.69) is 4.98 Å². The summed E-state index contributed by atoms with van der Waals surface area (Å²) in [5.41, 5.74) is 0.804. The third kappa shape index (κ3) is 2.25. The molecule has 17 heavy (non-hydrogen) atoms. The van der Waals surface area contributed by atoms with Crippen LogP contribution in [0.25, 0.3) is 0 Å². The number of pyridine rings is 1. The molecule has 92 valence electrons. The van der Waals surface area contributed by atoms with E-state index in [1.807, 2.05) is 19.1 Å². The Morgan fingerprint density at radius 3 is 3.12 bits per heavy atom. The van der Waals surface area contributed by atoms with Gasteiger partial charge in [0.2, 0.25) is 0 Å². The lowest BCUT2D eigenvalue weighted by Gasteiger charge is -2.29. The molecular weight excluding hydrogens is 214 g/mol. The summed E-state index contributed by atoms with van der Waals surface area (Å²) in [7, 11) is 0. The van der Waals surface area contributed by atoms with E-state index >= 15 is 0 Å². The Morgan fingerprint density at radius 1 is 1.65 bits per heavy atom. The van der Waals surface area contributed by atoms with Crippen LogP contribution in [0, 0.1) is 0 Å². The lowest BCUT2D eigenvalue weighted by Crippen LogP contribution is -2.39. The number of fused-ring (bicyclic) bond motifs is 1. The lowest BCUT2D eigenvalue weighted by molar-refractivity contribution is -0.138. The Bertz CT molecular complexity index is 426. The van der Waals surface area contributed by atoms with E-state index in [1.54, 1.807) is 13.1 Å². The first-order valence-electron chi connectivity index (χ1n) is 6.26. The molecule has 2 atom stereocenters. The predicted molar refractivity (Wildman–Crippen MR) is 65.8 cm³/mol. The first-order chi connectivity index (χ1) is 8.06. The molecule has 1 heterocycles. The summed E-state index contributed by atoms with van der Waals surface area (Å²) in [5, 5.41) is 10.1. The van der Waals surface area contributed by atoms with Crippen LogP contribution >= 0.6 is 0 Å². The van der Waals surface area contributed by atoms with Gasteiger partial charge in [-0.3, -0.25) is 9.78 Å². The first kappa shape index (κ1) is 12.2. The summed E-state index contributed by atoms with van der Waals surface area (Å²) in [5.74, 6) is -0.311. The Labute approximate surface area is 102 Å². The molecule has 0 amide bonds. The van der Waals surface area contributed by atoms with E-state index in [0.29, 0.717) is 6.42 Å². The Balaban J connectivity index is 2.33. The number of aryl methyl sites for hydroxylation is 1. The molecule has 1 aromatic heterocycles. The summed E-state index contributed by atoms with van der Waals surface area (Å²) in [4.78, 5) is 16.7. The van der Waals surface area contributed by atoms with Gasteiger partial charge >= 0.3 is 0 Å². The van der Waals surface area contributed by atoms with Crippen LogP contribution < -0.4 is 0 Å². The van der Waals surface area contributed by atoms with Gasteiger partial charge < -0.3 is 5.11 Å². The SMILES string of the molecule is CCC(C)(O)C(=O)C1CCCc2cccnc21. The van der Waals surface area contributed by atoms with E-state index in [0.717, 1.165) is 30.5 Å². The second kappa shape index (κ2) is 4.57. The molecule has 1 aromatic rings. The fraction of sp³-hybridized carbons (Fsp3) is 0.571. The van der Waals surface area contributed by atoms with Gasteiger partial charge in [0.25, 0.3) is 0 Å². The van der Waals surface area contributed by atoms with Crippen LogP contribution in [0.4, 0.5) is 0 Å². The van der Waals surface area contributed by atoms with Crippen molar-refractivity contribution in [3.05, 3.63) is 29.6 Å². The maximum atomic E-state index is 12.3. The molecule has 0 fully saturated rings. The zero-order valence-corrected chi connectivity index (χ0v) is 10.4. The van der Waals surface area contributed by atoms with Crippen molar-refractivity contribution in [2.45, 2.75) is 51.0 Å². The second-order valence-corrected chi connectivity index (χ2v) is 4.98. The van der Waals surface area contributed by atoms with Crippen molar-refractivity contribution in [3.8, 4) is 0 Å². The van der Waals surface area contributed by atoms with Crippen molar-refractivity contribution < 1.29 is 9.90 Å². The fourth-order valence-electron chi connectivity index (χ4n) is 2.41. The van der Waals surface area contributed by atoms with Crippen molar-refractivity contribution in [1.82, 2.24) is 4.98 Å². The number of carbonyl (C=O) groups excluding carboxylic acids is 1. The number of Topliss-reactive ketones (excluding diaryl/α,β-unsaturated/α-hetero) is 1. The summed E-state index contributed by atoms with van der Waals surface area (Å²) in [6, 6.07) is 3.94. The summed E-state index contributed by atoms with van der Waals surface area (Å²) in [6.07, 6.45) is 4.96. The van der Waals surface area contributed by atoms with Crippen LogP contribution in [0.5, 0.6) is 0 Å². The zero-order valence-electron chi connectivity index (χ0n) is 10.4. The highest BCUT2D eigenvalue weighted by molar-refractivity contribution is 5.92. The number of hydrogen-bond donors (Lipinski definition) is 1. The van der Waals surface area contributed by atoms with Crippen molar-refractivity contribution in [2.75, 3.05) is 0 Å². The van der Waals surface area contributed by atoms with E-state index < -0.39 is 5.60 Å². The normalized spacial score (nSPS) is 22.6. The smallest absolute Gasteiger partial charge is 0.173 e. The largest absolute Gasteiger partial charge is 0.382 e. The van der Waals surface area contributed by atoms with Gasteiger partial charge in [0.1, 0.15) is 5.60 Å². The number of rotatable bonds is 3. The maximum absolute atomic E-state index is 12.3. The molecule has 1 aliphatic rings. The number of hydrogen-bond acceptors (Lipinski definition) is 3. The van der Waals surface area contributed by atoms with Gasteiger partial charge in [-0.05, 0) is 44.2 Å². The summed E-state index contributed by atoms with van der Waals surface area (Å²) < 4.78 is 0. The van der Waals surface area contributed by atoms with Gasteiger partial charge in [-0.15, -0.1) is 0 Å². The fourth-order valence-corrected chi connectivity index (χ4v) is 2.41. The minimum absolute atomic E-state index is 0.0837. The molecule has 1 N–H and O–H groups in total. The average molecular weight is 233 g/mol. The van der Waals surface area contributed by atoms with E-state index in [1.165, 1.54) is 0 Å². The average Bonchev–Trinajstić information content (AvgIpc) is 2.37. The van der Waals surface area contributed by atoms with Gasteiger partial charge in [0.05, 0.1) is 11.6 Å². The number of aliphatic hydroxyl groups is 1. The number of nitrogens with zero attached hydrogens (tertiary/aromatic N) is 1. The molecule has 1 aliphatic carbocycles. The van der Waals surface area contributed by atoms with Gasteiger partial charge in [-0.1, -0.05) is 13.0 Å². The molecule has 0 spiro atoms. The van der Waals surface area contributed by atoms with E-state index in [-0.39, 0.29) is 11.7 Å². The van der Waals surface area contributed by atoms with Crippen LogP contribution in [0.3, 0.4) is 0 Å². The Kier molecular flexibility index (Phi) is 3.29. The number of aromatic nitrogens is 1. The molecule has 3 heteroatoms. The van der Waals surface area contributed by atoms with Crippen molar-refractivity contribution in [2.24, 2.45) is 0 Å². The highest BCUT2D eigenvalue weighted by atomic mass is 16.3. The monoisotopic (exact) mass is 233 g/mol. The quantitative estimate of drug-likeness (QED) is 0.871. The molecule has 0 saturated carbocycles. The standard InChI is InChI=1S/C14H19NO2/c1-3-14(2,17)13(16)11-8-4-6-10-7-5-9-15-12(10)11/h5,7,9,11,17H,3-4,6,8H2,1-2H3. The topological polar surface area (TPSA) is 50.2 Å². The Morgan fingerprint density at radius 2 is 2.41 bits per heavy atom. The summed E-state index contributed by atoms with van der Waals surface area (Å²) >= 11 is 0. The molecule has 0 aromatic carbocycles. The molecule has 2 rings (SSSR count). The number of carbonyl (C=O) groups is 1. The lowest BCUT2D eigenvalue weighted by atomic mass is 9.78. The molecular formula is C14H19NO2.